The largest absolute Gasteiger partial charge is 0.480 e. The number of fused-ring (bicyclic) bond motifs is 1. The summed E-state index contributed by atoms with van der Waals surface area (Å²) >= 11 is 0. The van der Waals surface area contributed by atoms with Gasteiger partial charge in [0.15, 0.2) is 11.9 Å². The number of hydrogen-bond donors (Lipinski definition) is 0. The van der Waals surface area contributed by atoms with Crippen LogP contribution in [0.4, 0.5) is 8.78 Å². The van der Waals surface area contributed by atoms with E-state index in [2.05, 4.69) is 4.74 Å². The van der Waals surface area contributed by atoms with Crippen molar-refractivity contribution in [3.05, 3.63) is 101 Å². The number of alkyl halides is 2. The number of hydrogen-bond acceptors (Lipinski definition) is 3. The molecular formula is C23H16F2O3. The van der Waals surface area contributed by atoms with Crippen LogP contribution in [0.5, 0.6) is 11.5 Å². The second kappa shape index (κ2) is 7.64. The fourth-order valence-electron chi connectivity index (χ4n) is 3.16. The molecule has 0 N–H and O–H groups in total. The molecule has 3 aromatic carbocycles. The highest BCUT2D eigenvalue weighted by Gasteiger charge is 2.32. The average molecular weight is 378 g/mol. The fourth-order valence-corrected chi connectivity index (χ4v) is 3.16. The number of halogens is 2. The predicted molar refractivity (Wildman–Crippen MR) is 102 cm³/mol. The molecule has 3 aromatic rings. The van der Waals surface area contributed by atoms with Crippen LogP contribution in [0.1, 0.15) is 27.6 Å². The second-order valence-corrected chi connectivity index (χ2v) is 6.28. The van der Waals surface area contributed by atoms with Crippen LogP contribution in [-0.4, -0.2) is 12.4 Å². The van der Waals surface area contributed by atoms with E-state index in [9.17, 15) is 13.6 Å². The molecule has 0 saturated carbocycles. The first-order valence-electron chi connectivity index (χ1n) is 8.73. The van der Waals surface area contributed by atoms with Gasteiger partial charge in [-0.05, 0) is 41.5 Å². The van der Waals surface area contributed by atoms with Crippen LogP contribution in [0.2, 0.25) is 0 Å². The van der Waals surface area contributed by atoms with Crippen LogP contribution < -0.4 is 9.47 Å². The summed E-state index contributed by atoms with van der Waals surface area (Å²) in [6.07, 6.45) is 1.17. The average Bonchev–Trinajstić information content (AvgIpc) is 2.71. The molecule has 1 heterocycles. The summed E-state index contributed by atoms with van der Waals surface area (Å²) in [5, 5.41) is 0. The van der Waals surface area contributed by atoms with Crippen molar-refractivity contribution in [3.63, 3.8) is 0 Å². The standard InChI is InChI=1S/C23H16F2O3/c24-23(25)27-17-12-10-15(11-13-17)14-19-21(26)18-8-4-5-9-20(18)28-22(19)16-6-2-1-3-7-16/h1-14,22-23H/b19-14-/t22-/m0/s1. The van der Waals surface area contributed by atoms with Crippen molar-refractivity contribution in [1.29, 1.82) is 0 Å². The van der Waals surface area contributed by atoms with Crippen LogP contribution in [0.25, 0.3) is 6.08 Å². The van der Waals surface area contributed by atoms with Gasteiger partial charge in [-0.15, -0.1) is 0 Å². The maximum absolute atomic E-state index is 13.1. The Bertz CT molecular complexity index is 1010. The van der Waals surface area contributed by atoms with Crippen molar-refractivity contribution >= 4 is 11.9 Å². The van der Waals surface area contributed by atoms with Crippen molar-refractivity contribution in [2.24, 2.45) is 0 Å². The Labute approximate surface area is 160 Å². The van der Waals surface area contributed by atoms with Crippen LogP contribution in [0.15, 0.2) is 84.4 Å². The van der Waals surface area contributed by atoms with Gasteiger partial charge in [-0.3, -0.25) is 4.79 Å². The Hall–Kier alpha value is -3.47. The summed E-state index contributed by atoms with van der Waals surface area (Å²) < 4.78 is 35.2. The van der Waals surface area contributed by atoms with E-state index >= 15 is 0 Å². The lowest BCUT2D eigenvalue weighted by Crippen LogP contribution is -2.23. The zero-order chi connectivity index (χ0) is 19.5. The minimum Gasteiger partial charge on any atom is -0.480 e. The van der Waals surface area contributed by atoms with Gasteiger partial charge < -0.3 is 9.47 Å². The molecule has 1 aliphatic heterocycles. The lowest BCUT2D eigenvalue weighted by atomic mass is 9.89. The summed E-state index contributed by atoms with van der Waals surface area (Å²) in [5.41, 5.74) is 2.52. The molecule has 3 nitrogen and oxygen atoms in total. The zero-order valence-corrected chi connectivity index (χ0v) is 14.7. The van der Waals surface area contributed by atoms with E-state index in [-0.39, 0.29) is 11.5 Å². The molecule has 5 heteroatoms. The van der Waals surface area contributed by atoms with Crippen molar-refractivity contribution in [1.82, 2.24) is 0 Å². The highest BCUT2D eigenvalue weighted by atomic mass is 19.3. The predicted octanol–water partition coefficient (Wildman–Crippen LogP) is 5.69. The lowest BCUT2D eigenvalue weighted by molar-refractivity contribution is -0.0498. The third kappa shape index (κ3) is 3.64. The quantitative estimate of drug-likeness (QED) is 0.547. The number of carbonyl (C=O) groups excluding carboxylic acids is 1. The van der Waals surface area contributed by atoms with Crippen molar-refractivity contribution in [2.75, 3.05) is 0 Å². The van der Waals surface area contributed by atoms with Gasteiger partial charge in [-0.1, -0.05) is 54.6 Å². The van der Waals surface area contributed by atoms with Gasteiger partial charge in [-0.2, -0.15) is 8.78 Å². The smallest absolute Gasteiger partial charge is 0.387 e. The minimum absolute atomic E-state index is 0.0633. The lowest BCUT2D eigenvalue weighted by Gasteiger charge is -2.28. The van der Waals surface area contributed by atoms with Gasteiger partial charge in [0.2, 0.25) is 0 Å². The molecule has 0 bridgehead atoms. The number of ketones is 1. The Balaban J connectivity index is 1.75. The van der Waals surface area contributed by atoms with E-state index in [1.165, 1.54) is 12.1 Å². The van der Waals surface area contributed by atoms with Gasteiger partial charge in [0.25, 0.3) is 0 Å². The second-order valence-electron chi connectivity index (χ2n) is 6.28. The molecule has 4 rings (SSSR count). The van der Waals surface area contributed by atoms with E-state index in [0.717, 1.165) is 5.56 Å². The van der Waals surface area contributed by atoms with Gasteiger partial charge in [0.05, 0.1) is 5.56 Å². The van der Waals surface area contributed by atoms with Gasteiger partial charge in [0.1, 0.15) is 11.5 Å². The van der Waals surface area contributed by atoms with E-state index in [4.69, 9.17) is 4.74 Å². The monoisotopic (exact) mass is 378 g/mol. The van der Waals surface area contributed by atoms with Crippen molar-refractivity contribution in [2.45, 2.75) is 12.7 Å². The molecular weight excluding hydrogens is 362 g/mol. The van der Waals surface area contributed by atoms with E-state index in [1.807, 2.05) is 36.4 Å². The molecule has 0 unspecified atom stereocenters. The van der Waals surface area contributed by atoms with Crippen LogP contribution in [0, 0.1) is 0 Å². The Morgan fingerprint density at radius 3 is 2.29 bits per heavy atom. The summed E-state index contributed by atoms with van der Waals surface area (Å²) in [4.78, 5) is 13.1. The molecule has 28 heavy (non-hydrogen) atoms. The number of rotatable bonds is 4. The maximum atomic E-state index is 13.1. The van der Waals surface area contributed by atoms with Crippen LogP contribution >= 0.6 is 0 Å². The molecule has 1 aliphatic rings. The Morgan fingerprint density at radius 2 is 1.57 bits per heavy atom. The molecule has 140 valence electrons. The summed E-state index contributed by atoms with van der Waals surface area (Å²) in [6, 6.07) is 22.7. The number of para-hydroxylation sites is 1. The molecule has 0 amide bonds. The summed E-state index contributed by atoms with van der Waals surface area (Å²) in [6.45, 7) is -2.88. The molecule has 0 aliphatic carbocycles. The third-order valence-electron chi connectivity index (χ3n) is 4.45. The molecule has 1 atom stereocenters. The SMILES string of the molecule is O=C1/C(=C/c2ccc(OC(F)F)cc2)[C@H](c2ccccc2)Oc2ccccc21. The molecule has 0 saturated heterocycles. The number of ether oxygens (including phenoxy) is 2. The van der Waals surface area contributed by atoms with Crippen molar-refractivity contribution in [3.8, 4) is 11.5 Å². The third-order valence-corrected chi connectivity index (χ3v) is 4.45. The van der Waals surface area contributed by atoms with Gasteiger partial charge in [-0.25, -0.2) is 0 Å². The first-order valence-corrected chi connectivity index (χ1v) is 8.73. The van der Waals surface area contributed by atoms with Crippen molar-refractivity contribution < 1.29 is 23.0 Å². The highest BCUT2D eigenvalue weighted by Crippen LogP contribution is 2.39. The van der Waals surface area contributed by atoms with E-state index in [0.29, 0.717) is 22.4 Å². The molecule has 0 radical (unpaired) electrons. The van der Waals surface area contributed by atoms with E-state index < -0.39 is 12.7 Å². The minimum atomic E-state index is -2.88. The number of benzene rings is 3. The summed E-state index contributed by atoms with van der Waals surface area (Å²) in [5.74, 6) is 0.483. The van der Waals surface area contributed by atoms with Crippen LogP contribution in [-0.2, 0) is 0 Å². The highest BCUT2D eigenvalue weighted by molar-refractivity contribution is 6.14. The number of Topliss-reactive ketones (excluding diaryl/α,β-unsaturated/α-hetero) is 1. The van der Waals surface area contributed by atoms with E-state index in [1.54, 1.807) is 36.4 Å². The first kappa shape index (κ1) is 17.9. The fraction of sp³-hybridized carbons (Fsp3) is 0.0870. The molecule has 0 spiro atoms. The topological polar surface area (TPSA) is 35.5 Å². The first-order chi connectivity index (χ1) is 13.6. The van der Waals surface area contributed by atoms with Gasteiger partial charge in [0, 0.05) is 5.57 Å². The Morgan fingerprint density at radius 1 is 0.893 bits per heavy atom. The van der Waals surface area contributed by atoms with Gasteiger partial charge >= 0.3 is 6.61 Å². The normalized spacial score (nSPS) is 17.3. The molecule has 0 aromatic heterocycles. The summed E-state index contributed by atoms with van der Waals surface area (Å²) in [7, 11) is 0. The Kier molecular flexibility index (Phi) is 4.89. The molecule has 0 fully saturated rings. The number of carbonyl (C=O) groups is 1. The van der Waals surface area contributed by atoms with Crippen LogP contribution in [0.3, 0.4) is 0 Å². The maximum Gasteiger partial charge on any atom is 0.387 e. The zero-order valence-electron chi connectivity index (χ0n) is 14.7.